The average Bonchev–Trinajstić information content (AvgIpc) is 3.36. The number of rotatable bonds is 11. The molecule has 0 bridgehead atoms. The second-order valence-corrected chi connectivity index (χ2v) is 9.48. The number of benzene rings is 2. The Labute approximate surface area is 216 Å². The van der Waals surface area contributed by atoms with Crippen molar-refractivity contribution in [3.63, 3.8) is 0 Å². The lowest BCUT2D eigenvalue weighted by Gasteiger charge is -2.24. The number of nitrogens with two attached hydrogens (primary N) is 1. The lowest BCUT2D eigenvalue weighted by Crippen LogP contribution is -2.46. The van der Waals surface area contributed by atoms with Crippen molar-refractivity contribution in [2.45, 2.75) is 37.7 Å². The van der Waals surface area contributed by atoms with Crippen LogP contribution in [0.3, 0.4) is 0 Å². The Bertz CT molecular complexity index is 1120. The van der Waals surface area contributed by atoms with Crippen molar-refractivity contribution in [1.29, 1.82) is 0 Å². The predicted molar refractivity (Wildman–Crippen MR) is 131 cm³/mol. The maximum atomic E-state index is 13.9. The minimum atomic E-state index is -1.30. The van der Waals surface area contributed by atoms with Gasteiger partial charge in [0, 0.05) is 37.4 Å². The molecule has 2 aromatic rings. The Morgan fingerprint density at radius 3 is 2.54 bits per heavy atom. The summed E-state index contributed by atoms with van der Waals surface area (Å²) < 4.78 is 50.6. The molecule has 0 aromatic heterocycles. The van der Waals surface area contributed by atoms with Crippen LogP contribution in [0.5, 0.6) is 5.75 Å². The summed E-state index contributed by atoms with van der Waals surface area (Å²) in [6.45, 7) is 2.33. The van der Waals surface area contributed by atoms with Crippen LogP contribution in [-0.4, -0.2) is 59.6 Å². The van der Waals surface area contributed by atoms with Crippen LogP contribution < -0.4 is 15.8 Å². The van der Waals surface area contributed by atoms with Crippen LogP contribution >= 0.6 is 11.8 Å². The fraction of sp³-hybridized carbons (Fsp3) is 0.400. The highest BCUT2D eigenvalue weighted by Gasteiger charge is 2.35. The van der Waals surface area contributed by atoms with Gasteiger partial charge in [-0.25, -0.2) is 18.0 Å². The molecule has 3 rings (SSSR count). The Kier molecular flexibility index (Phi) is 10.2. The van der Waals surface area contributed by atoms with Gasteiger partial charge < -0.3 is 25.4 Å². The summed E-state index contributed by atoms with van der Waals surface area (Å²) in [7, 11) is 0. The van der Waals surface area contributed by atoms with Crippen molar-refractivity contribution in [2.24, 2.45) is 5.73 Å². The maximum Gasteiger partial charge on any atom is 0.344 e. The minimum absolute atomic E-state index is 0.124. The summed E-state index contributed by atoms with van der Waals surface area (Å²) >= 11 is 1.31. The SMILES string of the molecule is CCOC(=O)COc1ccc(CNC(=O)C2SCCN2C(=O)C[C@H](N)Cc2cc(F)c(F)cc2F)cc1. The molecule has 1 aliphatic rings. The normalized spacial score (nSPS) is 15.8. The summed E-state index contributed by atoms with van der Waals surface area (Å²) in [4.78, 5) is 38.4. The van der Waals surface area contributed by atoms with E-state index < -0.39 is 34.8 Å². The van der Waals surface area contributed by atoms with E-state index in [0.717, 1.165) is 11.6 Å². The maximum absolute atomic E-state index is 13.9. The molecular formula is C25H28F3N3O5S. The third-order valence-corrected chi connectivity index (χ3v) is 6.70. The number of halogens is 3. The molecule has 1 saturated heterocycles. The Morgan fingerprint density at radius 1 is 1.14 bits per heavy atom. The molecule has 2 atom stereocenters. The van der Waals surface area contributed by atoms with Gasteiger partial charge >= 0.3 is 5.97 Å². The molecule has 12 heteroatoms. The predicted octanol–water partition coefficient (Wildman–Crippen LogP) is 2.52. The van der Waals surface area contributed by atoms with Crippen LogP contribution in [-0.2, 0) is 32.1 Å². The van der Waals surface area contributed by atoms with Gasteiger partial charge in [-0.2, -0.15) is 0 Å². The zero-order valence-electron chi connectivity index (χ0n) is 20.2. The monoisotopic (exact) mass is 539 g/mol. The van der Waals surface area contributed by atoms with Gasteiger partial charge in [-0.05, 0) is 42.7 Å². The fourth-order valence-electron chi connectivity index (χ4n) is 3.68. The second kappa shape index (κ2) is 13.3. The van der Waals surface area contributed by atoms with E-state index in [9.17, 15) is 27.6 Å². The third kappa shape index (κ3) is 8.12. The average molecular weight is 540 g/mol. The molecule has 0 aliphatic carbocycles. The largest absolute Gasteiger partial charge is 0.482 e. The first kappa shape index (κ1) is 28.3. The molecule has 1 heterocycles. The van der Waals surface area contributed by atoms with Crippen LogP contribution in [0.4, 0.5) is 13.2 Å². The van der Waals surface area contributed by atoms with Crippen LogP contribution in [0.2, 0.25) is 0 Å². The number of ether oxygens (including phenoxy) is 2. The molecule has 0 radical (unpaired) electrons. The summed E-state index contributed by atoms with van der Waals surface area (Å²) in [6.07, 6.45) is -0.345. The number of amides is 2. The fourth-order valence-corrected chi connectivity index (χ4v) is 4.85. The number of nitrogens with one attached hydrogen (secondary N) is 1. The van der Waals surface area contributed by atoms with Gasteiger partial charge in [0.15, 0.2) is 23.6 Å². The molecule has 1 fully saturated rings. The highest BCUT2D eigenvalue weighted by molar-refractivity contribution is 8.00. The quantitative estimate of drug-likeness (QED) is 0.334. The zero-order chi connectivity index (χ0) is 26.9. The molecule has 1 aliphatic heterocycles. The van der Waals surface area contributed by atoms with Gasteiger partial charge in [0.2, 0.25) is 5.91 Å². The smallest absolute Gasteiger partial charge is 0.344 e. The van der Waals surface area contributed by atoms with Gasteiger partial charge in [0.25, 0.3) is 5.91 Å². The van der Waals surface area contributed by atoms with Crippen molar-refractivity contribution in [1.82, 2.24) is 10.2 Å². The standard InChI is InChI=1S/C25H28F3N3O5S/c1-2-35-23(33)14-36-18-5-3-15(4-6-18)13-30-24(34)25-31(7-8-37-25)22(32)11-17(29)9-16-10-20(27)21(28)12-19(16)26/h3-6,10,12,17,25H,2,7-9,11,13-14,29H2,1H3,(H,30,34)/t17-,25?/m1/s1. The lowest BCUT2D eigenvalue weighted by molar-refractivity contribution is -0.145. The van der Waals surface area contributed by atoms with Crippen molar-refractivity contribution in [3.05, 3.63) is 65.0 Å². The Morgan fingerprint density at radius 2 is 1.84 bits per heavy atom. The van der Waals surface area contributed by atoms with Gasteiger partial charge in [0.05, 0.1) is 6.61 Å². The van der Waals surface area contributed by atoms with Gasteiger partial charge in [-0.15, -0.1) is 11.8 Å². The first-order valence-electron chi connectivity index (χ1n) is 11.6. The number of thioether (sulfide) groups is 1. The summed E-state index contributed by atoms with van der Waals surface area (Å²) in [6, 6.07) is 7.14. The summed E-state index contributed by atoms with van der Waals surface area (Å²) in [5.41, 5.74) is 6.64. The number of esters is 1. The van der Waals surface area contributed by atoms with Crippen LogP contribution in [0, 0.1) is 17.5 Å². The number of hydrogen-bond donors (Lipinski definition) is 2. The number of nitrogens with zero attached hydrogens (tertiary/aromatic N) is 1. The van der Waals surface area contributed by atoms with E-state index in [1.807, 2.05) is 0 Å². The van der Waals surface area contributed by atoms with E-state index in [-0.39, 0.29) is 50.0 Å². The summed E-state index contributed by atoms with van der Waals surface area (Å²) in [5.74, 6) is -3.59. The van der Waals surface area contributed by atoms with Gasteiger partial charge in [0.1, 0.15) is 11.6 Å². The highest BCUT2D eigenvalue weighted by atomic mass is 32.2. The molecule has 0 saturated carbocycles. The van der Waals surface area contributed by atoms with Gasteiger partial charge in [-0.1, -0.05) is 12.1 Å². The van der Waals surface area contributed by atoms with Crippen molar-refractivity contribution >= 4 is 29.5 Å². The first-order valence-corrected chi connectivity index (χ1v) is 12.7. The van der Waals surface area contributed by atoms with E-state index in [1.54, 1.807) is 31.2 Å². The molecule has 0 spiro atoms. The molecule has 2 aromatic carbocycles. The van der Waals surface area contributed by atoms with Crippen LogP contribution in [0.15, 0.2) is 36.4 Å². The molecule has 8 nitrogen and oxygen atoms in total. The number of hydrogen-bond acceptors (Lipinski definition) is 7. The van der Waals surface area contributed by atoms with Gasteiger partial charge in [-0.3, -0.25) is 9.59 Å². The molecule has 200 valence electrons. The Balaban J connectivity index is 1.49. The molecular weight excluding hydrogens is 511 g/mol. The third-order valence-electron chi connectivity index (χ3n) is 5.50. The molecule has 37 heavy (non-hydrogen) atoms. The minimum Gasteiger partial charge on any atom is -0.482 e. The number of carbonyl (C=O) groups excluding carboxylic acids is 3. The molecule has 1 unspecified atom stereocenters. The molecule has 2 amide bonds. The molecule has 3 N–H and O–H groups in total. The zero-order valence-corrected chi connectivity index (χ0v) is 21.0. The van der Waals surface area contributed by atoms with Crippen LogP contribution in [0.25, 0.3) is 0 Å². The second-order valence-electron chi connectivity index (χ2n) is 8.29. The lowest BCUT2D eigenvalue weighted by atomic mass is 10.0. The summed E-state index contributed by atoms with van der Waals surface area (Å²) in [5, 5.41) is 2.05. The van der Waals surface area contributed by atoms with E-state index >= 15 is 0 Å². The highest BCUT2D eigenvalue weighted by Crippen LogP contribution is 2.25. The van der Waals surface area contributed by atoms with Crippen LogP contribution in [0.1, 0.15) is 24.5 Å². The van der Waals surface area contributed by atoms with Crippen molar-refractivity contribution in [3.8, 4) is 5.75 Å². The number of carbonyl (C=O) groups is 3. The first-order chi connectivity index (χ1) is 17.7. The van der Waals surface area contributed by atoms with Crippen molar-refractivity contribution in [2.75, 3.05) is 25.5 Å². The van der Waals surface area contributed by atoms with E-state index in [2.05, 4.69) is 5.32 Å². The van der Waals surface area contributed by atoms with Crippen molar-refractivity contribution < 1.29 is 37.0 Å². The van der Waals surface area contributed by atoms with E-state index in [0.29, 0.717) is 24.1 Å². The van der Waals surface area contributed by atoms with E-state index in [4.69, 9.17) is 15.2 Å². The topological polar surface area (TPSA) is 111 Å². The van der Waals surface area contributed by atoms with E-state index in [1.165, 1.54) is 16.7 Å². The Hall–Kier alpha value is -3.25.